The lowest BCUT2D eigenvalue weighted by Crippen LogP contribution is -2.56. The molecule has 1 atom stereocenters. The van der Waals surface area contributed by atoms with E-state index >= 15 is 0 Å². The molecule has 0 aliphatic heterocycles. The molecule has 27 heavy (non-hydrogen) atoms. The third-order valence-electron chi connectivity index (χ3n) is 5.14. The van der Waals surface area contributed by atoms with Crippen molar-refractivity contribution in [1.82, 2.24) is 10.2 Å². The van der Waals surface area contributed by atoms with Gasteiger partial charge in [-0.05, 0) is 25.3 Å². The minimum absolute atomic E-state index is 0.104. The highest BCUT2D eigenvalue weighted by atomic mass is 16.6. The zero-order valence-electron chi connectivity index (χ0n) is 15.9. The molecule has 2 amide bonds. The second-order valence-electron chi connectivity index (χ2n) is 7.23. The van der Waals surface area contributed by atoms with Crippen LogP contribution in [0.3, 0.4) is 0 Å². The third kappa shape index (κ3) is 5.98. The van der Waals surface area contributed by atoms with Crippen LogP contribution in [0, 0.1) is 0 Å². The van der Waals surface area contributed by atoms with Gasteiger partial charge in [0, 0.05) is 7.05 Å². The Morgan fingerprint density at radius 1 is 1.19 bits per heavy atom. The molecule has 0 spiro atoms. The molecule has 1 aromatic carbocycles. The molecule has 1 saturated carbocycles. The Kier molecular flexibility index (Phi) is 7.21. The monoisotopic (exact) mass is 376 g/mol. The number of carbonyl (C=O) groups excluding carboxylic acids is 2. The zero-order chi connectivity index (χ0) is 19.9. The standard InChI is InChI=1S/C20H28N2O5/c1-15(22(2)19(26)27-14-16-9-5-3-6-10-16)18(25)21-20(13-17(23)24)11-7-4-8-12-20/h3,5-6,9-10,15H,4,7-8,11-14H2,1-2H3,(H,21,25)(H,23,24)/t15-/m0/s1. The number of carbonyl (C=O) groups is 3. The molecule has 0 unspecified atom stereocenters. The van der Waals surface area contributed by atoms with Crippen LogP contribution in [0.4, 0.5) is 4.79 Å². The van der Waals surface area contributed by atoms with Crippen molar-refractivity contribution in [2.45, 2.75) is 63.6 Å². The number of rotatable bonds is 7. The first-order valence-corrected chi connectivity index (χ1v) is 9.30. The maximum Gasteiger partial charge on any atom is 0.410 e. The van der Waals surface area contributed by atoms with E-state index < -0.39 is 23.6 Å². The molecule has 2 N–H and O–H groups in total. The van der Waals surface area contributed by atoms with E-state index in [-0.39, 0.29) is 18.9 Å². The molecule has 0 aromatic heterocycles. The summed E-state index contributed by atoms with van der Waals surface area (Å²) in [6, 6.07) is 8.53. The molecule has 7 heteroatoms. The van der Waals surface area contributed by atoms with Gasteiger partial charge in [0.05, 0.1) is 12.0 Å². The van der Waals surface area contributed by atoms with Gasteiger partial charge in [0.25, 0.3) is 0 Å². The van der Waals surface area contributed by atoms with Crippen LogP contribution >= 0.6 is 0 Å². The average Bonchev–Trinajstić information content (AvgIpc) is 2.65. The number of carboxylic acids is 1. The normalized spacial score (nSPS) is 16.8. The molecule has 0 heterocycles. The fraction of sp³-hybridized carbons (Fsp3) is 0.550. The minimum atomic E-state index is -0.930. The summed E-state index contributed by atoms with van der Waals surface area (Å²) in [6.07, 6.45) is 3.39. The Balaban J connectivity index is 1.93. The predicted molar refractivity (Wildman–Crippen MR) is 100 cm³/mol. The molecule has 1 aliphatic rings. The number of nitrogens with zero attached hydrogens (tertiary/aromatic N) is 1. The fourth-order valence-electron chi connectivity index (χ4n) is 3.38. The van der Waals surface area contributed by atoms with Crippen LogP contribution in [0.15, 0.2) is 30.3 Å². The fourth-order valence-corrected chi connectivity index (χ4v) is 3.38. The van der Waals surface area contributed by atoms with E-state index in [4.69, 9.17) is 4.74 Å². The van der Waals surface area contributed by atoms with Crippen molar-refractivity contribution >= 4 is 18.0 Å². The van der Waals surface area contributed by atoms with Gasteiger partial charge in [-0.25, -0.2) is 4.79 Å². The topological polar surface area (TPSA) is 95.9 Å². The average molecular weight is 376 g/mol. The summed E-state index contributed by atoms with van der Waals surface area (Å²) in [6.45, 7) is 1.73. The molecule has 7 nitrogen and oxygen atoms in total. The Morgan fingerprint density at radius 2 is 1.81 bits per heavy atom. The van der Waals surface area contributed by atoms with Gasteiger partial charge in [0.15, 0.2) is 0 Å². The Hall–Kier alpha value is -2.57. The summed E-state index contributed by atoms with van der Waals surface area (Å²) in [5.41, 5.74) is 0.128. The van der Waals surface area contributed by atoms with E-state index in [1.165, 1.54) is 11.9 Å². The van der Waals surface area contributed by atoms with Gasteiger partial charge in [-0.15, -0.1) is 0 Å². The van der Waals surface area contributed by atoms with Crippen LogP contribution in [0.2, 0.25) is 0 Å². The van der Waals surface area contributed by atoms with Crippen molar-refractivity contribution in [3.8, 4) is 0 Å². The van der Waals surface area contributed by atoms with Crippen molar-refractivity contribution in [2.75, 3.05) is 7.05 Å². The van der Waals surface area contributed by atoms with Gasteiger partial charge >= 0.3 is 12.1 Å². The number of likely N-dealkylation sites (N-methyl/N-ethyl adjacent to an activating group) is 1. The number of carboxylic acid groups (broad SMARTS) is 1. The quantitative estimate of drug-likeness (QED) is 0.763. The van der Waals surface area contributed by atoms with Crippen molar-refractivity contribution in [1.29, 1.82) is 0 Å². The second-order valence-corrected chi connectivity index (χ2v) is 7.23. The number of ether oxygens (including phenoxy) is 1. The highest BCUT2D eigenvalue weighted by Crippen LogP contribution is 2.31. The third-order valence-corrected chi connectivity index (χ3v) is 5.14. The highest BCUT2D eigenvalue weighted by molar-refractivity contribution is 5.86. The number of nitrogens with one attached hydrogen (secondary N) is 1. The van der Waals surface area contributed by atoms with Crippen molar-refractivity contribution in [3.63, 3.8) is 0 Å². The second kappa shape index (κ2) is 9.39. The molecule has 0 radical (unpaired) electrons. The van der Waals surface area contributed by atoms with Crippen LogP contribution in [-0.4, -0.2) is 46.6 Å². The van der Waals surface area contributed by atoms with E-state index in [1.54, 1.807) is 6.92 Å². The smallest absolute Gasteiger partial charge is 0.410 e. The first kappa shape index (κ1) is 20.7. The van der Waals surface area contributed by atoms with Gasteiger partial charge < -0.3 is 15.2 Å². The van der Waals surface area contributed by atoms with Crippen molar-refractivity contribution in [3.05, 3.63) is 35.9 Å². The Labute approximate surface area is 159 Å². The summed E-state index contributed by atoms with van der Waals surface area (Å²) in [4.78, 5) is 37.4. The number of amides is 2. The van der Waals surface area contributed by atoms with Crippen molar-refractivity contribution < 1.29 is 24.2 Å². The van der Waals surface area contributed by atoms with Gasteiger partial charge in [-0.3, -0.25) is 14.5 Å². The van der Waals surface area contributed by atoms with Crippen LogP contribution in [-0.2, 0) is 20.9 Å². The van der Waals surface area contributed by atoms with E-state index in [0.717, 1.165) is 24.8 Å². The largest absolute Gasteiger partial charge is 0.481 e. The molecule has 1 fully saturated rings. The van der Waals surface area contributed by atoms with Gasteiger partial charge in [-0.1, -0.05) is 49.6 Å². The summed E-state index contributed by atoms with van der Waals surface area (Å²) in [7, 11) is 1.50. The number of benzene rings is 1. The SMILES string of the molecule is C[C@@H](C(=O)NC1(CC(=O)O)CCCCC1)N(C)C(=O)OCc1ccccc1. The van der Waals surface area contributed by atoms with Gasteiger partial charge in [0.2, 0.25) is 5.91 Å². The maximum atomic E-state index is 12.7. The van der Waals surface area contributed by atoms with E-state index in [0.29, 0.717) is 12.8 Å². The van der Waals surface area contributed by atoms with E-state index in [9.17, 15) is 19.5 Å². The molecule has 2 rings (SSSR count). The lowest BCUT2D eigenvalue weighted by atomic mass is 9.79. The molecule has 0 bridgehead atoms. The predicted octanol–water partition coefficient (Wildman–Crippen LogP) is 2.94. The van der Waals surface area contributed by atoms with Crippen LogP contribution in [0.25, 0.3) is 0 Å². The molecular formula is C20H28N2O5. The minimum Gasteiger partial charge on any atom is -0.481 e. The van der Waals surface area contributed by atoms with E-state index in [1.807, 2.05) is 30.3 Å². The lowest BCUT2D eigenvalue weighted by molar-refractivity contribution is -0.140. The number of hydrogen-bond acceptors (Lipinski definition) is 4. The Morgan fingerprint density at radius 3 is 2.41 bits per heavy atom. The van der Waals surface area contributed by atoms with Crippen LogP contribution < -0.4 is 5.32 Å². The van der Waals surface area contributed by atoms with Crippen LogP contribution in [0.5, 0.6) is 0 Å². The molecule has 1 aliphatic carbocycles. The zero-order valence-corrected chi connectivity index (χ0v) is 15.9. The van der Waals surface area contributed by atoms with Crippen molar-refractivity contribution in [2.24, 2.45) is 0 Å². The Bertz CT molecular complexity index is 656. The molecular weight excluding hydrogens is 348 g/mol. The summed E-state index contributed by atoms with van der Waals surface area (Å²) in [5.74, 6) is -1.29. The molecule has 0 saturated heterocycles. The van der Waals surface area contributed by atoms with E-state index in [2.05, 4.69) is 5.32 Å². The summed E-state index contributed by atoms with van der Waals surface area (Å²) < 4.78 is 5.25. The lowest BCUT2D eigenvalue weighted by Gasteiger charge is -2.38. The number of aliphatic carboxylic acids is 1. The first-order chi connectivity index (χ1) is 12.8. The first-order valence-electron chi connectivity index (χ1n) is 9.30. The summed E-state index contributed by atoms with van der Waals surface area (Å²) >= 11 is 0. The molecule has 148 valence electrons. The highest BCUT2D eigenvalue weighted by Gasteiger charge is 2.37. The van der Waals surface area contributed by atoms with Gasteiger partial charge in [0.1, 0.15) is 12.6 Å². The summed E-state index contributed by atoms with van der Waals surface area (Å²) in [5, 5.41) is 12.1. The maximum absolute atomic E-state index is 12.7. The van der Waals surface area contributed by atoms with Gasteiger partial charge in [-0.2, -0.15) is 0 Å². The number of hydrogen-bond donors (Lipinski definition) is 2. The van der Waals surface area contributed by atoms with Crippen LogP contribution in [0.1, 0.15) is 51.0 Å². The molecule has 1 aromatic rings.